The number of sulfonamides is 1. The summed E-state index contributed by atoms with van der Waals surface area (Å²) in [5, 5.41) is 11.5. The fourth-order valence-electron chi connectivity index (χ4n) is 2.87. The Bertz CT molecular complexity index is 1300. The first-order valence-electron chi connectivity index (χ1n) is 8.88. The zero-order valence-electron chi connectivity index (χ0n) is 15.5. The van der Waals surface area contributed by atoms with Crippen LogP contribution in [0.25, 0.3) is 11.0 Å². The van der Waals surface area contributed by atoms with Crippen LogP contribution in [0.3, 0.4) is 0 Å². The van der Waals surface area contributed by atoms with Crippen LogP contribution in [0.15, 0.2) is 93.3 Å². The van der Waals surface area contributed by atoms with Gasteiger partial charge in [-0.05, 0) is 29.8 Å². The molecule has 1 N–H and O–H groups in total. The molecular formula is C21H16N2O5S2. The fraction of sp³-hybridized carbons (Fsp3) is 0.0476. The van der Waals surface area contributed by atoms with Gasteiger partial charge in [0, 0.05) is 34.2 Å². The molecule has 0 aliphatic heterocycles. The lowest BCUT2D eigenvalue weighted by Gasteiger charge is -2.08. The number of para-hydroxylation sites is 1. The molecule has 0 saturated carbocycles. The largest absolute Gasteiger partial charge is 0.443 e. The van der Waals surface area contributed by atoms with Crippen LogP contribution in [0, 0.1) is 10.1 Å². The van der Waals surface area contributed by atoms with Gasteiger partial charge in [0.2, 0.25) is 5.09 Å². The molecule has 1 aromatic heterocycles. The lowest BCUT2D eigenvalue weighted by molar-refractivity contribution is -0.384. The molecule has 0 unspecified atom stereocenters. The van der Waals surface area contributed by atoms with Crippen molar-refractivity contribution in [1.29, 1.82) is 0 Å². The van der Waals surface area contributed by atoms with Gasteiger partial charge in [0.05, 0.1) is 10.6 Å². The van der Waals surface area contributed by atoms with Crippen molar-refractivity contribution >= 4 is 44.1 Å². The molecule has 0 radical (unpaired) electrons. The van der Waals surface area contributed by atoms with Crippen LogP contribution in [0.5, 0.6) is 0 Å². The molecule has 4 rings (SSSR count). The number of non-ortho nitro benzene ring substituents is 1. The van der Waals surface area contributed by atoms with Crippen LogP contribution in [0.2, 0.25) is 0 Å². The van der Waals surface area contributed by atoms with Crippen molar-refractivity contribution in [2.75, 3.05) is 4.72 Å². The summed E-state index contributed by atoms with van der Waals surface area (Å²) in [5.74, 6) is 0.515. The van der Waals surface area contributed by atoms with Crippen molar-refractivity contribution in [3.8, 4) is 0 Å². The molecule has 0 aliphatic rings. The van der Waals surface area contributed by atoms with E-state index in [2.05, 4.69) is 4.72 Å². The van der Waals surface area contributed by atoms with E-state index in [1.165, 1.54) is 30.0 Å². The topological polar surface area (TPSA) is 102 Å². The summed E-state index contributed by atoms with van der Waals surface area (Å²) >= 11 is 1.45. The summed E-state index contributed by atoms with van der Waals surface area (Å²) < 4.78 is 33.4. The summed E-state index contributed by atoms with van der Waals surface area (Å²) in [6.45, 7) is 0. The summed E-state index contributed by atoms with van der Waals surface area (Å²) in [6, 6.07) is 21.9. The minimum Gasteiger partial charge on any atom is -0.443 e. The second-order valence-electron chi connectivity index (χ2n) is 6.45. The first-order chi connectivity index (χ1) is 14.4. The monoisotopic (exact) mass is 440 g/mol. The Balaban J connectivity index is 1.49. The smallest absolute Gasteiger partial charge is 0.295 e. The lowest BCUT2D eigenvalue weighted by Crippen LogP contribution is -2.12. The molecular weight excluding hydrogens is 424 g/mol. The zero-order valence-corrected chi connectivity index (χ0v) is 17.2. The highest BCUT2D eigenvalue weighted by atomic mass is 32.2. The standard InChI is InChI=1S/C21H16N2O5S2/c24-23(25)18-8-3-5-15(11-18)14-29-19-9-4-7-17(13-19)22-30(26,27)21-12-16-6-1-2-10-20(16)28-21/h1-13,22H,14H2. The van der Waals surface area contributed by atoms with E-state index in [1.54, 1.807) is 42.5 Å². The molecule has 0 atom stereocenters. The molecule has 0 fully saturated rings. The van der Waals surface area contributed by atoms with Gasteiger partial charge >= 0.3 is 0 Å². The molecule has 0 saturated heterocycles. The number of hydrogen-bond acceptors (Lipinski definition) is 6. The minimum atomic E-state index is -3.88. The Hall–Kier alpha value is -3.30. The van der Waals surface area contributed by atoms with Gasteiger partial charge in [-0.1, -0.05) is 36.4 Å². The predicted molar refractivity (Wildman–Crippen MR) is 116 cm³/mol. The molecule has 152 valence electrons. The van der Waals surface area contributed by atoms with E-state index >= 15 is 0 Å². The Kier molecular flexibility index (Phi) is 5.47. The number of benzene rings is 3. The van der Waals surface area contributed by atoms with E-state index in [-0.39, 0.29) is 10.8 Å². The molecule has 4 aromatic rings. The van der Waals surface area contributed by atoms with E-state index in [4.69, 9.17) is 4.42 Å². The number of nitrogens with zero attached hydrogens (tertiary/aromatic N) is 1. The second-order valence-corrected chi connectivity index (χ2v) is 9.11. The molecule has 7 nitrogen and oxygen atoms in total. The van der Waals surface area contributed by atoms with Crippen LogP contribution < -0.4 is 4.72 Å². The number of nitrogens with one attached hydrogen (secondary N) is 1. The van der Waals surface area contributed by atoms with Crippen molar-refractivity contribution in [2.24, 2.45) is 0 Å². The van der Waals surface area contributed by atoms with Crippen LogP contribution in [-0.4, -0.2) is 13.3 Å². The maximum atomic E-state index is 12.7. The van der Waals surface area contributed by atoms with E-state index in [9.17, 15) is 18.5 Å². The summed E-state index contributed by atoms with van der Waals surface area (Å²) in [6.07, 6.45) is 0. The number of nitro groups is 1. The third-order valence-electron chi connectivity index (χ3n) is 4.28. The molecule has 9 heteroatoms. The number of fused-ring (bicyclic) bond motifs is 1. The highest BCUT2D eigenvalue weighted by molar-refractivity contribution is 7.98. The van der Waals surface area contributed by atoms with Crippen molar-refractivity contribution in [3.05, 3.63) is 94.5 Å². The van der Waals surface area contributed by atoms with Gasteiger partial charge in [0.1, 0.15) is 5.58 Å². The van der Waals surface area contributed by atoms with E-state index in [1.807, 2.05) is 18.2 Å². The summed E-state index contributed by atoms with van der Waals surface area (Å²) in [4.78, 5) is 11.3. The molecule has 30 heavy (non-hydrogen) atoms. The van der Waals surface area contributed by atoms with Gasteiger partial charge in [-0.2, -0.15) is 8.42 Å². The Morgan fingerprint density at radius 3 is 2.57 bits per heavy atom. The molecule has 3 aromatic carbocycles. The fourth-order valence-corrected chi connectivity index (χ4v) is 4.79. The molecule has 0 bridgehead atoms. The van der Waals surface area contributed by atoms with Crippen LogP contribution >= 0.6 is 11.8 Å². The average molecular weight is 441 g/mol. The normalized spacial score (nSPS) is 11.5. The van der Waals surface area contributed by atoms with Crippen molar-refractivity contribution in [2.45, 2.75) is 15.7 Å². The van der Waals surface area contributed by atoms with Gasteiger partial charge in [0.25, 0.3) is 15.7 Å². The highest BCUT2D eigenvalue weighted by Crippen LogP contribution is 2.28. The lowest BCUT2D eigenvalue weighted by atomic mass is 10.2. The van der Waals surface area contributed by atoms with Crippen molar-refractivity contribution in [3.63, 3.8) is 0 Å². The molecule has 0 spiro atoms. The van der Waals surface area contributed by atoms with Gasteiger partial charge in [-0.15, -0.1) is 11.8 Å². The van der Waals surface area contributed by atoms with Crippen molar-refractivity contribution < 1.29 is 17.8 Å². The minimum absolute atomic E-state index is 0.0421. The third-order valence-corrected chi connectivity index (χ3v) is 6.58. The molecule has 1 heterocycles. The summed E-state index contributed by atoms with van der Waals surface area (Å²) in [7, 11) is -3.88. The molecule has 0 aliphatic carbocycles. The number of furan rings is 1. The number of anilines is 1. The van der Waals surface area contributed by atoms with Gasteiger partial charge in [0.15, 0.2) is 0 Å². The number of hydrogen-bond donors (Lipinski definition) is 1. The Morgan fingerprint density at radius 2 is 1.77 bits per heavy atom. The maximum absolute atomic E-state index is 12.7. The quantitative estimate of drug-likeness (QED) is 0.233. The Labute approximate surface area is 176 Å². The highest BCUT2D eigenvalue weighted by Gasteiger charge is 2.19. The van der Waals surface area contributed by atoms with Crippen molar-refractivity contribution in [1.82, 2.24) is 0 Å². The number of rotatable bonds is 7. The van der Waals surface area contributed by atoms with E-state index in [0.717, 1.165) is 10.5 Å². The van der Waals surface area contributed by atoms with Gasteiger partial charge in [-0.3, -0.25) is 14.8 Å². The SMILES string of the molecule is O=[N+]([O-])c1cccc(CSc2cccc(NS(=O)(=O)c3cc4ccccc4o3)c2)c1. The van der Waals surface area contributed by atoms with Crippen LogP contribution in [-0.2, 0) is 15.8 Å². The zero-order chi connectivity index (χ0) is 21.1. The number of thioether (sulfide) groups is 1. The first-order valence-corrected chi connectivity index (χ1v) is 11.4. The molecule has 0 amide bonds. The first kappa shape index (κ1) is 20.0. The second kappa shape index (κ2) is 8.21. The van der Waals surface area contributed by atoms with E-state index < -0.39 is 14.9 Å². The van der Waals surface area contributed by atoms with E-state index in [0.29, 0.717) is 22.4 Å². The van der Waals surface area contributed by atoms with Crippen LogP contribution in [0.4, 0.5) is 11.4 Å². The van der Waals surface area contributed by atoms with Gasteiger partial charge in [-0.25, -0.2) is 0 Å². The Morgan fingerprint density at radius 1 is 0.967 bits per heavy atom. The van der Waals surface area contributed by atoms with Gasteiger partial charge < -0.3 is 4.42 Å². The summed E-state index contributed by atoms with van der Waals surface area (Å²) in [5.41, 5.74) is 1.75. The third kappa shape index (κ3) is 4.47. The predicted octanol–water partition coefficient (Wildman–Crippen LogP) is 5.43. The average Bonchev–Trinajstić information content (AvgIpc) is 3.18. The maximum Gasteiger partial charge on any atom is 0.295 e. The number of nitro benzene ring substituents is 1. The van der Waals surface area contributed by atoms with Crippen LogP contribution in [0.1, 0.15) is 5.56 Å².